The lowest BCUT2D eigenvalue weighted by molar-refractivity contribution is -0.126. The van der Waals surface area contributed by atoms with Gasteiger partial charge in [-0.1, -0.05) is 20.4 Å². The zero-order valence-electron chi connectivity index (χ0n) is 14.0. The van der Waals surface area contributed by atoms with Crippen molar-refractivity contribution >= 4 is 15.8 Å². The molecule has 0 saturated heterocycles. The molecule has 0 aromatic rings. The van der Waals surface area contributed by atoms with Gasteiger partial charge in [0.25, 0.3) is 0 Å². The predicted octanol–water partition coefficient (Wildman–Crippen LogP) is 0.843. The number of amides is 1. The summed E-state index contributed by atoms with van der Waals surface area (Å²) in [5, 5.41) is 9.75. The van der Waals surface area contributed by atoms with E-state index in [-0.39, 0.29) is 23.8 Å². The summed E-state index contributed by atoms with van der Waals surface area (Å²) in [6.07, 6.45) is 5.74. The highest BCUT2D eigenvalue weighted by atomic mass is 32.2. The molecule has 0 aliphatic rings. The first kappa shape index (κ1) is 20.3. The van der Waals surface area contributed by atoms with E-state index in [1.807, 2.05) is 26.4 Å². The van der Waals surface area contributed by atoms with Crippen LogP contribution in [-0.4, -0.2) is 70.3 Å². The van der Waals surface area contributed by atoms with E-state index in [2.05, 4.69) is 6.58 Å². The van der Waals surface area contributed by atoms with Gasteiger partial charge in [0.2, 0.25) is 5.91 Å². The van der Waals surface area contributed by atoms with E-state index in [1.165, 1.54) is 11.0 Å². The number of hydrogen-bond acceptors (Lipinski definition) is 4. The number of thiol groups is 1. The average Bonchev–Trinajstić information content (AvgIpc) is 2.35. The van der Waals surface area contributed by atoms with Crippen LogP contribution in [0.15, 0.2) is 12.7 Å². The Kier molecular flexibility index (Phi) is 8.36. The van der Waals surface area contributed by atoms with E-state index in [0.29, 0.717) is 6.61 Å². The number of nitrogens with zero attached hydrogens (tertiary/aromatic N) is 1. The first-order chi connectivity index (χ1) is 9.51. The van der Waals surface area contributed by atoms with Gasteiger partial charge >= 0.3 is 0 Å². The maximum atomic E-state index is 12.1. The van der Waals surface area contributed by atoms with Gasteiger partial charge in [0.05, 0.1) is 12.7 Å². The molecule has 0 bridgehead atoms. The first-order valence-corrected chi connectivity index (χ1v) is 9.80. The zero-order valence-corrected chi connectivity index (χ0v) is 14.9. The van der Waals surface area contributed by atoms with Crippen LogP contribution in [0.4, 0.5) is 0 Å². The Morgan fingerprint density at radius 2 is 2.05 bits per heavy atom. The Bertz CT molecular complexity index is 389. The molecule has 0 rings (SSSR count). The van der Waals surface area contributed by atoms with Crippen molar-refractivity contribution in [3.63, 3.8) is 0 Å². The lowest BCUT2D eigenvalue weighted by atomic mass is 10.1. The summed E-state index contributed by atoms with van der Waals surface area (Å²) in [5.41, 5.74) is 0. The monoisotopic (exact) mass is 321 g/mol. The maximum Gasteiger partial charge on any atom is 0.245 e. The molecule has 0 saturated carbocycles. The molecule has 1 amide bonds. The minimum absolute atomic E-state index is 0.186. The fourth-order valence-corrected chi connectivity index (χ4v) is 2.41. The summed E-state index contributed by atoms with van der Waals surface area (Å²) in [4.78, 5) is 12.7. The van der Waals surface area contributed by atoms with E-state index in [9.17, 15) is 14.1 Å². The summed E-state index contributed by atoms with van der Waals surface area (Å²) in [6.45, 7) is 8.33. The van der Waals surface area contributed by atoms with Gasteiger partial charge in [-0.05, 0) is 31.4 Å². The van der Waals surface area contributed by atoms with Gasteiger partial charge in [-0.3, -0.25) is 9.00 Å². The Morgan fingerprint density at radius 1 is 1.48 bits per heavy atom. The van der Waals surface area contributed by atoms with Gasteiger partial charge in [-0.2, -0.15) is 0 Å². The SMILES string of the molecule is C=CC(=O)N(C)CC(O)COCCCC(C)(C)[SH](C)(C)=O. The normalized spacial score (nSPS) is 14.6. The second-order valence-corrected chi connectivity index (χ2v) is 10.3. The Labute approximate surface area is 129 Å². The van der Waals surface area contributed by atoms with E-state index in [4.69, 9.17) is 4.74 Å². The molecule has 5 nitrogen and oxygen atoms in total. The fourth-order valence-electron chi connectivity index (χ4n) is 1.71. The molecule has 1 unspecified atom stereocenters. The molecule has 1 N–H and O–H groups in total. The van der Waals surface area contributed by atoms with Gasteiger partial charge in [0.1, 0.15) is 0 Å². The van der Waals surface area contributed by atoms with Crippen LogP contribution in [0.1, 0.15) is 26.7 Å². The van der Waals surface area contributed by atoms with Crippen LogP contribution in [0, 0.1) is 0 Å². The smallest absolute Gasteiger partial charge is 0.245 e. The lowest BCUT2D eigenvalue weighted by Gasteiger charge is -2.33. The third-order valence-electron chi connectivity index (χ3n) is 3.88. The summed E-state index contributed by atoms with van der Waals surface area (Å²) in [7, 11) is -0.521. The largest absolute Gasteiger partial charge is 0.389 e. The van der Waals surface area contributed by atoms with Gasteiger partial charge < -0.3 is 14.7 Å². The molecular weight excluding hydrogens is 290 g/mol. The number of aliphatic hydroxyl groups is 1. The average molecular weight is 321 g/mol. The molecule has 0 heterocycles. The van der Waals surface area contributed by atoms with E-state index in [1.54, 1.807) is 7.05 Å². The van der Waals surface area contributed by atoms with E-state index >= 15 is 0 Å². The van der Waals surface area contributed by atoms with Crippen LogP contribution in [0.5, 0.6) is 0 Å². The number of aliphatic hydroxyl groups excluding tert-OH is 1. The van der Waals surface area contributed by atoms with Crippen LogP contribution in [0.25, 0.3) is 0 Å². The molecule has 6 heteroatoms. The summed E-state index contributed by atoms with van der Waals surface area (Å²) in [5.74, 6) is -0.225. The minimum Gasteiger partial charge on any atom is -0.389 e. The van der Waals surface area contributed by atoms with E-state index < -0.39 is 16.0 Å². The predicted molar refractivity (Wildman–Crippen MR) is 89.4 cm³/mol. The van der Waals surface area contributed by atoms with Gasteiger partial charge in [-0.15, -0.1) is 9.93 Å². The molecule has 0 spiro atoms. The van der Waals surface area contributed by atoms with Gasteiger partial charge in [0, 0.05) is 24.9 Å². The lowest BCUT2D eigenvalue weighted by Crippen LogP contribution is -2.36. The number of likely N-dealkylation sites (N-methyl/N-ethyl adjacent to an activating group) is 1. The van der Waals surface area contributed by atoms with Crippen molar-refractivity contribution in [3.05, 3.63) is 12.7 Å². The molecule has 21 heavy (non-hydrogen) atoms. The highest BCUT2D eigenvalue weighted by Gasteiger charge is 2.26. The summed E-state index contributed by atoms with van der Waals surface area (Å²) in [6, 6.07) is 0. The molecule has 0 fully saturated rings. The van der Waals surface area contributed by atoms with Crippen LogP contribution >= 0.6 is 0 Å². The molecule has 0 aromatic carbocycles. The van der Waals surface area contributed by atoms with Crippen molar-refractivity contribution in [3.8, 4) is 0 Å². The third kappa shape index (κ3) is 7.74. The van der Waals surface area contributed by atoms with Gasteiger partial charge in [-0.25, -0.2) is 0 Å². The number of rotatable bonds is 10. The van der Waals surface area contributed by atoms with Crippen molar-refractivity contribution in [1.82, 2.24) is 4.90 Å². The number of ether oxygens (including phenoxy) is 1. The molecule has 1 atom stereocenters. The Hall–Kier alpha value is -0.720. The Morgan fingerprint density at radius 3 is 2.52 bits per heavy atom. The topological polar surface area (TPSA) is 66.8 Å². The maximum absolute atomic E-state index is 12.1. The molecule has 126 valence electrons. The van der Waals surface area contributed by atoms with Crippen LogP contribution < -0.4 is 0 Å². The fraction of sp³-hybridized carbons (Fsp3) is 0.800. The van der Waals surface area contributed by atoms with Crippen molar-refractivity contribution in [2.45, 2.75) is 37.5 Å². The second-order valence-electron chi connectivity index (χ2n) is 6.42. The molecular formula is C15H31NO4S. The Balaban J connectivity index is 3.89. The zero-order chi connectivity index (χ0) is 16.7. The number of hydrogen-bond donors (Lipinski definition) is 2. The van der Waals surface area contributed by atoms with Crippen molar-refractivity contribution < 1.29 is 18.8 Å². The van der Waals surface area contributed by atoms with Gasteiger partial charge in [0.15, 0.2) is 0 Å². The summed E-state index contributed by atoms with van der Waals surface area (Å²) >= 11 is 0. The quantitative estimate of drug-likeness (QED) is 0.355. The van der Waals surface area contributed by atoms with Crippen LogP contribution in [0.3, 0.4) is 0 Å². The standard InChI is InChI=1S/C15H31NO4S/c1-7-14(18)16(4)11-13(17)12-20-10-8-9-15(2,3)21(5,6)19/h7,13,17,21H,1,8-12H2,2-6H3. The first-order valence-electron chi connectivity index (χ1n) is 7.19. The number of carbonyl (C=O) groups excluding carboxylic acids is 1. The van der Waals surface area contributed by atoms with Crippen LogP contribution in [-0.2, 0) is 19.5 Å². The van der Waals surface area contributed by atoms with Crippen molar-refractivity contribution in [1.29, 1.82) is 0 Å². The highest BCUT2D eigenvalue weighted by molar-refractivity contribution is 8.02. The molecule has 0 aliphatic heterocycles. The molecule has 0 aliphatic carbocycles. The van der Waals surface area contributed by atoms with Crippen molar-refractivity contribution in [2.75, 3.05) is 39.3 Å². The van der Waals surface area contributed by atoms with Crippen molar-refractivity contribution in [2.24, 2.45) is 0 Å². The molecule has 0 aromatic heterocycles. The number of carbonyl (C=O) groups is 1. The third-order valence-corrected chi connectivity index (χ3v) is 7.02. The highest BCUT2D eigenvalue weighted by Crippen LogP contribution is 2.25. The summed E-state index contributed by atoms with van der Waals surface area (Å²) < 4.78 is 17.3. The minimum atomic E-state index is -2.13. The van der Waals surface area contributed by atoms with E-state index in [0.717, 1.165) is 12.8 Å². The molecule has 0 radical (unpaired) electrons. The second kappa shape index (κ2) is 8.66. The van der Waals surface area contributed by atoms with Crippen LogP contribution in [0.2, 0.25) is 0 Å².